The van der Waals surface area contributed by atoms with E-state index in [0.717, 1.165) is 35.7 Å². The topological polar surface area (TPSA) is 83.2 Å². The van der Waals surface area contributed by atoms with Crippen LogP contribution in [0, 0.1) is 5.92 Å². The monoisotopic (exact) mass is 399 g/mol. The van der Waals surface area contributed by atoms with Crippen molar-refractivity contribution in [1.29, 1.82) is 0 Å². The van der Waals surface area contributed by atoms with E-state index >= 15 is 0 Å². The van der Waals surface area contributed by atoms with Gasteiger partial charge >= 0.3 is 6.09 Å². The summed E-state index contributed by atoms with van der Waals surface area (Å²) < 4.78 is 5.40. The number of amides is 2. The van der Waals surface area contributed by atoms with E-state index in [2.05, 4.69) is 22.5 Å². The normalized spacial score (nSPS) is 20.8. The molecule has 3 unspecified atom stereocenters. The van der Waals surface area contributed by atoms with Crippen LogP contribution in [0.3, 0.4) is 0 Å². The number of aromatic nitrogens is 1. The summed E-state index contributed by atoms with van der Waals surface area (Å²) in [6.45, 7) is 7.61. The lowest BCUT2D eigenvalue weighted by Gasteiger charge is -2.31. The van der Waals surface area contributed by atoms with Crippen molar-refractivity contribution in [1.82, 2.24) is 15.6 Å². The molecule has 3 N–H and O–H groups in total. The second-order valence-electron chi connectivity index (χ2n) is 9.14. The highest BCUT2D eigenvalue weighted by atomic mass is 16.6. The Morgan fingerprint density at radius 2 is 1.93 bits per heavy atom. The average molecular weight is 400 g/mol. The van der Waals surface area contributed by atoms with Gasteiger partial charge in [0.25, 0.3) is 0 Å². The molecular formula is C23H33N3O3. The summed E-state index contributed by atoms with van der Waals surface area (Å²) in [5.41, 5.74) is 1.39. The number of carbonyl (C=O) groups is 2. The smallest absolute Gasteiger partial charge is 0.408 e. The number of H-pyrrole nitrogens is 1. The van der Waals surface area contributed by atoms with E-state index in [1.165, 1.54) is 6.42 Å². The number of nitrogens with one attached hydrogen (secondary N) is 3. The highest BCUT2D eigenvalue weighted by molar-refractivity contribution is 5.88. The van der Waals surface area contributed by atoms with Crippen LogP contribution >= 0.6 is 0 Å². The van der Waals surface area contributed by atoms with E-state index in [1.54, 1.807) is 0 Å². The Morgan fingerprint density at radius 1 is 1.21 bits per heavy atom. The molecule has 0 spiro atoms. The second-order valence-corrected chi connectivity index (χ2v) is 9.14. The largest absolute Gasteiger partial charge is 0.444 e. The van der Waals surface area contributed by atoms with Gasteiger partial charge < -0.3 is 20.4 Å². The Morgan fingerprint density at radius 3 is 2.66 bits per heavy atom. The quantitative estimate of drug-likeness (QED) is 0.701. The Hall–Kier alpha value is -2.50. The van der Waals surface area contributed by atoms with Gasteiger partial charge in [0.1, 0.15) is 11.6 Å². The summed E-state index contributed by atoms with van der Waals surface area (Å²) in [5.74, 6) is 0.294. The number of aromatic amines is 1. The number of rotatable bonds is 5. The number of benzene rings is 1. The highest BCUT2D eigenvalue weighted by Gasteiger charge is 2.29. The van der Waals surface area contributed by atoms with Gasteiger partial charge in [-0.2, -0.15) is 0 Å². The van der Waals surface area contributed by atoms with Gasteiger partial charge in [0.2, 0.25) is 5.91 Å². The summed E-state index contributed by atoms with van der Waals surface area (Å²) >= 11 is 0. The van der Waals surface area contributed by atoms with Crippen molar-refractivity contribution in [3.8, 4) is 0 Å². The molecule has 2 amide bonds. The molecule has 3 atom stereocenters. The third-order valence-electron chi connectivity index (χ3n) is 5.55. The molecule has 6 nitrogen and oxygen atoms in total. The molecule has 1 aliphatic carbocycles. The van der Waals surface area contributed by atoms with Gasteiger partial charge in [-0.25, -0.2) is 4.79 Å². The molecule has 6 heteroatoms. The SMILES string of the molecule is CC1CCCCC1NC(=O)C(Cc1c[nH]c2ccccc12)NC(=O)OC(C)(C)C. The van der Waals surface area contributed by atoms with Crippen molar-refractivity contribution in [3.63, 3.8) is 0 Å². The van der Waals surface area contributed by atoms with Gasteiger partial charge in [0.05, 0.1) is 0 Å². The Labute approximate surface area is 172 Å². The molecular weight excluding hydrogens is 366 g/mol. The molecule has 0 radical (unpaired) electrons. The van der Waals surface area contributed by atoms with Gasteiger partial charge in [0, 0.05) is 29.6 Å². The lowest BCUT2D eigenvalue weighted by atomic mass is 9.85. The Bertz CT molecular complexity index is 852. The van der Waals surface area contributed by atoms with Crippen LogP contribution in [0.15, 0.2) is 30.5 Å². The molecule has 1 saturated carbocycles. The van der Waals surface area contributed by atoms with Crippen molar-refractivity contribution in [3.05, 3.63) is 36.0 Å². The number of alkyl carbamates (subject to hydrolysis) is 1. The van der Waals surface area contributed by atoms with Crippen LogP contribution in [-0.2, 0) is 16.0 Å². The number of para-hydroxylation sites is 1. The van der Waals surface area contributed by atoms with Crippen molar-refractivity contribution < 1.29 is 14.3 Å². The lowest BCUT2D eigenvalue weighted by Crippen LogP contribution is -2.53. The average Bonchev–Trinajstić information content (AvgIpc) is 3.04. The number of fused-ring (bicyclic) bond motifs is 1. The summed E-state index contributed by atoms with van der Waals surface area (Å²) in [6, 6.07) is 7.42. The molecule has 1 heterocycles. The summed E-state index contributed by atoms with van der Waals surface area (Å²) in [6.07, 6.45) is 6.18. The van der Waals surface area contributed by atoms with E-state index in [9.17, 15) is 9.59 Å². The van der Waals surface area contributed by atoms with Crippen molar-refractivity contribution in [2.24, 2.45) is 5.92 Å². The maximum atomic E-state index is 13.1. The maximum Gasteiger partial charge on any atom is 0.408 e. The third kappa shape index (κ3) is 5.75. The van der Waals surface area contributed by atoms with Gasteiger partial charge in [-0.05, 0) is 51.2 Å². The Balaban J connectivity index is 1.76. The van der Waals surface area contributed by atoms with Crippen LogP contribution in [0.2, 0.25) is 0 Å². The zero-order valence-corrected chi connectivity index (χ0v) is 17.9. The van der Waals surface area contributed by atoms with Gasteiger partial charge in [0.15, 0.2) is 0 Å². The van der Waals surface area contributed by atoms with Gasteiger partial charge in [-0.3, -0.25) is 4.79 Å². The number of ether oxygens (including phenoxy) is 1. The van der Waals surface area contributed by atoms with Crippen LogP contribution in [0.25, 0.3) is 10.9 Å². The number of hydrogen-bond acceptors (Lipinski definition) is 3. The predicted octanol–water partition coefficient (Wildman–Crippen LogP) is 4.30. The molecule has 1 aliphatic rings. The van der Waals surface area contributed by atoms with Gasteiger partial charge in [-0.15, -0.1) is 0 Å². The van der Waals surface area contributed by atoms with E-state index < -0.39 is 17.7 Å². The maximum absolute atomic E-state index is 13.1. The zero-order chi connectivity index (χ0) is 21.0. The molecule has 0 aliphatic heterocycles. The van der Waals surface area contributed by atoms with Crippen LogP contribution in [-0.4, -0.2) is 34.7 Å². The first kappa shape index (κ1) is 21.2. The lowest BCUT2D eigenvalue weighted by molar-refractivity contribution is -0.124. The highest BCUT2D eigenvalue weighted by Crippen LogP contribution is 2.24. The zero-order valence-electron chi connectivity index (χ0n) is 17.9. The molecule has 2 aromatic rings. The second kappa shape index (κ2) is 8.89. The molecule has 158 valence electrons. The summed E-state index contributed by atoms with van der Waals surface area (Å²) in [4.78, 5) is 28.8. The third-order valence-corrected chi connectivity index (χ3v) is 5.55. The molecule has 1 aromatic heterocycles. The Kier molecular flexibility index (Phi) is 6.50. The standard InChI is InChI=1S/C23H33N3O3/c1-15-9-5-7-11-18(15)25-21(27)20(26-22(28)29-23(2,3)4)13-16-14-24-19-12-8-6-10-17(16)19/h6,8,10,12,14-15,18,20,24H,5,7,9,11,13H2,1-4H3,(H,25,27)(H,26,28). The number of hydrogen-bond donors (Lipinski definition) is 3. The van der Waals surface area contributed by atoms with Crippen molar-refractivity contribution in [2.75, 3.05) is 0 Å². The molecule has 1 fully saturated rings. The fraction of sp³-hybridized carbons (Fsp3) is 0.565. The minimum Gasteiger partial charge on any atom is -0.444 e. The van der Waals surface area contributed by atoms with Gasteiger partial charge in [-0.1, -0.05) is 38.0 Å². The van der Waals surface area contributed by atoms with E-state index in [-0.39, 0.29) is 11.9 Å². The van der Waals surface area contributed by atoms with Crippen LogP contribution < -0.4 is 10.6 Å². The van der Waals surface area contributed by atoms with Crippen LogP contribution in [0.1, 0.15) is 58.9 Å². The molecule has 29 heavy (non-hydrogen) atoms. The molecule has 0 saturated heterocycles. The van der Waals surface area contributed by atoms with E-state index in [1.807, 2.05) is 51.2 Å². The van der Waals surface area contributed by atoms with Crippen molar-refractivity contribution in [2.45, 2.75) is 77.5 Å². The van der Waals surface area contributed by atoms with Crippen molar-refractivity contribution >= 4 is 22.9 Å². The predicted molar refractivity (Wildman–Crippen MR) is 115 cm³/mol. The minimum atomic E-state index is -0.696. The van der Waals surface area contributed by atoms with E-state index in [4.69, 9.17) is 4.74 Å². The molecule has 0 bridgehead atoms. The molecule has 1 aromatic carbocycles. The minimum absolute atomic E-state index is 0.153. The number of carbonyl (C=O) groups excluding carboxylic acids is 2. The fourth-order valence-corrected chi connectivity index (χ4v) is 3.99. The summed E-state index contributed by atoms with van der Waals surface area (Å²) in [5, 5.41) is 7.03. The molecule has 3 rings (SSSR count). The first-order chi connectivity index (χ1) is 13.7. The first-order valence-electron chi connectivity index (χ1n) is 10.6. The van der Waals surface area contributed by atoms with E-state index in [0.29, 0.717) is 12.3 Å². The van der Waals surface area contributed by atoms with Crippen LogP contribution in [0.4, 0.5) is 4.79 Å². The summed E-state index contributed by atoms with van der Waals surface area (Å²) in [7, 11) is 0. The fourth-order valence-electron chi connectivity index (χ4n) is 3.99. The first-order valence-corrected chi connectivity index (χ1v) is 10.6. The van der Waals surface area contributed by atoms with Crippen LogP contribution in [0.5, 0.6) is 0 Å².